The number of amides is 2. The Bertz CT molecular complexity index is 1040. The lowest BCUT2D eigenvalue weighted by Gasteiger charge is -2.33. The van der Waals surface area contributed by atoms with Crippen LogP contribution >= 0.6 is 11.6 Å². The molecule has 0 spiro atoms. The lowest BCUT2D eigenvalue weighted by Crippen LogP contribution is -2.38. The van der Waals surface area contributed by atoms with Gasteiger partial charge in [-0.2, -0.15) is 0 Å². The smallest absolute Gasteiger partial charge is 0.273 e. The third-order valence-electron chi connectivity index (χ3n) is 5.65. The van der Waals surface area contributed by atoms with Gasteiger partial charge in [0.05, 0.1) is 16.4 Å². The number of nitrogens with one attached hydrogen (secondary N) is 1. The van der Waals surface area contributed by atoms with Crippen molar-refractivity contribution in [1.29, 1.82) is 0 Å². The molecule has 3 N–H and O–H groups in total. The van der Waals surface area contributed by atoms with Crippen molar-refractivity contribution in [2.24, 2.45) is 18.7 Å². The molecule has 6 nitrogen and oxygen atoms in total. The van der Waals surface area contributed by atoms with E-state index in [1.165, 1.54) is 0 Å². The van der Waals surface area contributed by atoms with E-state index in [1.54, 1.807) is 0 Å². The number of rotatable bonds is 4. The van der Waals surface area contributed by atoms with Gasteiger partial charge in [-0.1, -0.05) is 41.9 Å². The van der Waals surface area contributed by atoms with Crippen LogP contribution in [-0.2, 0) is 11.8 Å². The van der Waals surface area contributed by atoms with Crippen molar-refractivity contribution in [2.45, 2.75) is 12.8 Å². The number of carbonyl (C=O) groups excluding carboxylic acids is 2. The number of hydrogen-bond donors (Lipinski definition) is 2. The normalized spacial score (nSPS) is 14.9. The Hall–Kier alpha value is -2.99. The number of benzene rings is 2. The van der Waals surface area contributed by atoms with Crippen molar-refractivity contribution in [3.05, 3.63) is 59.2 Å². The molecule has 0 radical (unpaired) electrons. The summed E-state index contributed by atoms with van der Waals surface area (Å²) in [6.45, 7) is 1.44. The van der Waals surface area contributed by atoms with Crippen LogP contribution in [0.4, 0.5) is 11.4 Å². The second kappa shape index (κ2) is 7.79. The predicted octanol–water partition coefficient (Wildman–Crippen LogP) is 3.79. The standard InChI is InChI=1S/C22H23ClN4O2/c1-26-17-8-4-2-6-15(17)19(23)20(26)22(29)25-16-7-3-5-9-18(16)27-12-10-14(11-13-27)21(24)28/h2-9,14H,10-13H2,1H3,(H2,24,28)(H,25,29). The highest BCUT2D eigenvalue weighted by Crippen LogP contribution is 2.33. The van der Waals surface area contributed by atoms with E-state index < -0.39 is 0 Å². The first kappa shape index (κ1) is 19.3. The zero-order chi connectivity index (χ0) is 20.5. The number of nitrogens with zero attached hydrogens (tertiary/aromatic N) is 2. The first-order valence-electron chi connectivity index (χ1n) is 9.65. The van der Waals surface area contributed by atoms with Gasteiger partial charge in [0.2, 0.25) is 5.91 Å². The summed E-state index contributed by atoms with van der Waals surface area (Å²) >= 11 is 6.52. The molecule has 150 valence electrons. The summed E-state index contributed by atoms with van der Waals surface area (Å²) in [6, 6.07) is 15.4. The van der Waals surface area contributed by atoms with Crippen LogP contribution in [0.2, 0.25) is 5.02 Å². The summed E-state index contributed by atoms with van der Waals surface area (Å²) in [5.74, 6) is -0.576. The van der Waals surface area contributed by atoms with Crippen LogP contribution in [0, 0.1) is 5.92 Å². The quantitative estimate of drug-likeness (QED) is 0.686. The van der Waals surface area contributed by atoms with Crippen LogP contribution in [0.25, 0.3) is 10.9 Å². The number of anilines is 2. The monoisotopic (exact) mass is 410 g/mol. The zero-order valence-corrected chi connectivity index (χ0v) is 16.9. The molecule has 29 heavy (non-hydrogen) atoms. The van der Waals surface area contributed by atoms with E-state index in [0.717, 1.165) is 35.4 Å². The highest BCUT2D eigenvalue weighted by molar-refractivity contribution is 6.39. The highest BCUT2D eigenvalue weighted by atomic mass is 35.5. The van der Waals surface area contributed by atoms with Crippen molar-refractivity contribution in [1.82, 2.24) is 4.57 Å². The first-order chi connectivity index (χ1) is 14.0. The minimum atomic E-state index is -0.256. The molecule has 0 atom stereocenters. The third-order valence-corrected chi connectivity index (χ3v) is 6.03. The molecule has 0 bridgehead atoms. The molecule has 1 fully saturated rings. The Kier molecular flexibility index (Phi) is 5.20. The summed E-state index contributed by atoms with van der Waals surface area (Å²) in [7, 11) is 1.84. The lowest BCUT2D eigenvalue weighted by molar-refractivity contribution is -0.122. The van der Waals surface area contributed by atoms with E-state index in [2.05, 4.69) is 10.2 Å². The molecule has 1 aliphatic rings. The summed E-state index contributed by atoms with van der Waals surface area (Å²) in [5.41, 5.74) is 8.42. The van der Waals surface area contributed by atoms with Crippen molar-refractivity contribution < 1.29 is 9.59 Å². The average Bonchev–Trinajstić information content (AvgIpc) is 2.99. The molecule has 2 heterocycles. The topological polar surface area (TPSA) is 80.4 Å². The van der Waals surface area contributed by atoms with E-state index in [1.807, 2.05) is 60.1 Å². The number of para-hydroxylation sites is 3. The minimum absolute atomic E-state index is 0.0809. The van der Waals surface area contributed by atoms with E-state index in [4.69, 9.17) is 17.3 Å². The van der Waals surface area contributed by atoms with Gasteiger partial charge in [-0.25, -0.2) is 0 Å². The number of carbonyl (C=O) groups is 2. The maximum Gasteiger partial charge on any atom is 0.273 e. The van der Waals surface area contributed by atoms with Gasteiger partial charge >= 0.3 is 0 Å². The fraction of sp³-hybridized carbons (Fsp3) is 0.273. The maximum absolute atomic E-state index is 13.1. The van der Waals surface area contributed by atoms with Crippen LogP contribution in [0.3, 0.4) is 0 Å². The molecule has 7 heteroatoms. The molecule has 1 aliphatic heterocycles. The van der Waals surface area contributed by atoms with Crippen molar-refractivity contribution >= 4 is 45.7 Å². The fourth-order valence-corrected chi connectivity index (χ4v) is 4.41. The predicted molar refractivity (Wildman–Crippen MR) is 116 cm³/mol. The van der Waals surface area contributed by atoms with Crippen LogP contribution in [0.5, 0.6) is 0 Å². The first-order valence-corrected chi connectivity index (χ1v) is 10.0. The molecular formula is C22H23ClN4O2. The Labute approximate surface area is 174 Å². The molecule has 4 rings (SSSR count). The van der Waals surface area contributed by atoms with E-state index >= 15 is 0 Å². The Morgan fingerprint density at radius 2 is 1.72 bits per heavy atom. The van der Waals surface area contributed by atoms with Crippen molar-refractivity contribution in [3.63, 3.8) is 0 Å². The number of nitrogens with two attached hydrogens (primary N) is 1. The van der Waals surface area contributed by atoms with Gasteiger partial charge in [-0.05, 0) is 31.0 Å². The molecule has 1 aromatic heterocycles. The fourth-order valence-electron chi connectivity index (χ4n) is 4.04. The van der Waals surface area contributed by atoms with Gasteiger partial charge in [0, 0.05) is 37.0 Å². The van der Waals surface area contributed by atoms with Crippen LogP contribution in [0.1, 0.15) is 23.3 Å². The van der Waals surface area contributed by atoms with Crippen LogP contribution < -0.4 is 16.0 Å². The summed E-state index contributed by atoms with van der Waals surface area (Å²) in [6.07, 6.45) is 1.43. The van der Waals surface area contributed by atoms with Gasteiger partial charge in [0.25, 0.3) is 5.91 Å². The average molecular weight is 411 g/mol. The van der Waals surface area contributed by atoms with E-state index in [0.29, 0.717) is 23.6 Å². The number of fused-ring (bicyclic) bond motifs is 1. The minimum Gasteiger partial charge on any atom is -0.370 e. The van der Waals surface area contributed by atoms with Gasteiger partial charge in [0.1, 0.15) is 5.69 Å². The molecule has 1 saturated heterocycles. The van der Waals surface area contributed by atoms with Crippen molar-refractivity contribution in [2.75, 3.05) is 23.3 Å². The number of aromatic nitrogens is 1. The second-order valence-electron chi connectivity index (χ2n) is 7.37. The largest absolute Gasteiger partial charge is 0.370 e. The second-order valence-corrected chi connectivity index (χ2v) is 7.75. The number of hydrogen-bond acceptors (Lipinski definition) is 3. The lowest BCUT2D eigenvalue weighted by atomic mass is 9.96. The summed E-state index contributed by atoms with van der Waals surface area (Å²) < 4.78 is 1.81. The maximum atomic E-state index is 13.1. The zero-order valence-electron chi connectivity index (χ0n) is 16.2. The van der Waals surface area contributed by atoms with Crippen molar-refractivity contribution in [3.8, 4) is 0 Å². The molecule has 0 unspecified atom stereocenters. The number of aryl methyl sites for hydroxylation is 1. The Morgan fingerprint density at radius 3 is 2.41 bits per heavy atom. The van der Waals surface area contributed by atoms with Gasteiger partial charge in [0.15, 0.2) is 0 Å². The van der Waals surface area contributed by atoms with Gasteiger partial charge in [-0.15, -0.1) is 0 Å². The summed E-state index contributed by atoms with van der Waals surface area (Å²) in [5, 5.41) is 4.32. The van der Waals surface area contributed by atoms with Gasteiger partial charge in [-0.3, -0.25) is 9.59 Å². The Morgan fingerprint density at radius 1 is 1.07 bits per heavy atom. The summed E-state index contributed by atoms with van der Waals surface area (Å²) in [4.78, 5) is 26.7. The Balaban J connectivity index is 1.60. The van der Waals surface area contributed by atoms with Gasteiger partial charge < -0.3 is 20.5 Å². The molecule has 3 aromatic rings. The highest BCUT2D eigenvalue weighted by Gasteiger charge is 2.25. The number of halogens is 1. The van der Waals surface area contributed by atoms with Crippen LogP contribution in [-0.4, -0.2) is 29.5 Å². The molecule has 0 aliphatic carbocycles. The molecular weight excluding hydrogens is 388 g/mol. The number of primary amides is 1. The molecule has 2 amide bonds. The SMILES string of the molecule is Cn1c(C(=O)Nc2ccccc2N2CCC(C(N)=O)CC2)c(Cl)c2ccccc21. The third kappa shape index (κ3) is 3.56. The number of piperidine rings is 1. The van der Waals surface area contributed by atoms with E-state index in [9.17, 15) is 9.59 Å². The molecule has 2 aromatic carbocycles. The van der Waals surface area contributed by atoms with Crippen LogP contribution in [0.15, 0.2) is 48.5 Å². The van der Waals surface area contributed by atoms with E-state index in [-0.39, 0.29) is 17.7 Å². The molecule has 0 saturated carbocycles.